The van der Waals surface area contributed by atoms with Gasteiger partial charge >= 0.3 is 0 Å². The number of rotatable bonds is 6. The maximum Gasteiger partial charge on any atom is 0.142 e. The molecule has 2 aromatic rings. The van der Waals surface area contributed by atoms with E-state index in [1.165, 1.54) is 18.2 Å². The summed E-state index contributed by atoms with van der Waals surface area (Å²) < 4.78 is 32.8. The van der Waals surface area contributed by atoms with Gasteiger partial charge in [0.1, 0.15) is 17.4 Å². The zero-order chi connectivity index (χ0) is 15.2. The van der Waals surface area contributed by atoms with Crippen LogP contribution >= 0.6 is 11.6 Å². The van der Waals surface area contributed by atoms with Gasteiger partial charge in [0.25, 0.3) is 0 Å². The maximum atomic E-state index is 13.6. The third-order valence-electron chi connectivity index (χ3n) is 2.92. The van der Waals surface area contributed by atoms with Crippen LogP contribution in [-0.4, -0.2) is 6.61 Å². The van der Waals surface area contributed by atoms with Gasteiger partial charge in [-0.15, -0.1) is 0 Å². The van der Waals surface area contributed by atoms with Crippen LogP contribution in [0.1, 0.15) is 18.9 Å². The van der Waals surface area contributed by atoms with E-state index in [1.807, 2.05) is 6.92 Å². The van der Waals surface area contributed by atoms with Crippen LogP contribution in [0.5, 0.6) is 5.75 Å². The number of nitrogens with one attached hydrogen (secondary N) is 1. The van der Waals surface area contributed by atoms with E-state index in [0.717, 1.165) is 6.42 Å². The molecule has 0 unspecified atom stereocenters. The second kappa shape index (κ2) is 7.27. The highest BCUT2D eigenvalue weighted by Gasteiger charge is 2.10. The van der Waals surface area contributed by atoms with Gasteiger partial charge in [0, 0.05) is 17.1 Å². The SMILES string of the molecule is CCCOc1ccc(Cl)cc1NCc1c(F)cccc1F. The smallest absolute Gasteiger partial charge is 0.142 e. The average Bonchev–Trinajstić information content (AvgIpc) is 2.46. The largest absolute Gasteiger partial charge is 0.491 e. The fourth-order valence-electron chi connectivity index (χ4n) is 1.86. The summed E-state index contributed by atoms with van der Waals surface area (Å²) in [6, 6.07) is 8.91. The summed E-state index contributed by atoms with van der Waals surface area (Å²) in [6.07, 6.45) is 0.865. The Balaban J connectivity index is 2.17. The van der Waals surface area contributed by atoms with Crippen LogP contribution in [0.4, 0.5) is 14.5 Å². The van der Waals surface area contributed by atoms with E-state index in [9.17, 15) is 8.78 Å². The number of anilines is 1. The van der Waals surface area contributed by atoms with Crippen molar-refractivity contribution < 1.29 is 13.5 Å². The van der Waals surface area contributed by atoms with E-state index in [2.05, 4.69) is 5.32 Å². The first kappa shape index (κ1) is 15.6. The van der Waals surface area contributed by atoms with Gasteiger partial charge < -0.3 is 10.1 Å². The van der Waals surface area contributed by atoms with E-state index in [4.69, 9.17) is 16.3 Å². The first-order chi connectivity index (χ1) is 10.1. The zero-order valence-corrected chi connectivity index (χ0v) is 12.4. The number of hydrogen-bond donors (Lipinski definition) is 1. The minimum absolute atomic E-state index is 0.0149. The molecular weight excluding hydrogens is 296 g/mol. The van der Waals surface area contributed by atoms with Gasteiger partial charge in [-0.3, -0.25) is 0 Å². The first-order valence-corrected chi connectivity index (χ1v) is 7.08. The number of hydrogen-bond acceptors (Lipinski definition) is 2. The molecule has 21 heavy (non-hydrogen) atoms. The minimum atomic E-state index is -0.583. The van der Waals surface area contributed by atoms with Crippen LogP contribution in [0.2, 0.25) is 5.02 Å². The van der Waals surface area contributed by atoms with Crippen LogP contribution in [-0.2, 0) is 6.54 Å². The van der Waals surface area contributed by atoms with Crippen LogP contribution in [0.3, 0.4) is 0 Å². The minimum Gasteiger partial charge on any atom is -0.491 e. The summed E-state index contributed by atoms with van der Waals surface area (Å²) in [7, 11) is 0. The lowest BCUT2D eigenvalue weighted by Gasteiger charge is -2.14. The summed E-state index contributed by atoms with van der Waals surface area (Å²) in [6.45, 7) is 2.57. The third kappa shape index (κ3) is 4.08. The Kier molecular flexibility index (Phi) is 5.39. The fraction of sp³-hybridized carbons (Fsp3) is 0.250. The quantitative estimate of drug-likeness (QED) is 0.809. The van der Waals surface area contributed by atoms with Crippen molar-refractivity contribution in [2.24, 2.45) is 0 Å². The van der Waals surface area contributed by atoms with Gasteiger partial charge in [-0.05, 0) is 36.8 Å². The predicted octanol–water partition coefficient (Wildman–Crippen LogP) is 5.02. The molecule has 2 nitrogen and oxygen atoms in total. The molecule has 0 aliphatic heterocycles. The summed E-state index contributed by atoms with van der Waals surface area (Å²) in [5.74, 6) is -0.556. The molecule has 0 heterocycles. The molecule has 0 saturated carbocycles. The average molecular weight is 312 g/mol. The predicted molar refractivity (Wildman–Crippen MR) is 80.9 cm³/mol. The van der Waals surface area contributed by atoms with E-state index in [0.29, 0.717) is 23.1 Å². The summed E-state index contributed by atoms with van der Waals surface area (Å²) in [4.78, 5) is 0. The van der Waals surface area contributed by atoms with Crippen molar-refractivity contribution in [2.75, 3.05) is 11.9 Å². The zero-order valence-electron chi connectivity index (χ0n) is 11.6. The molecule has 2 aromatic carbocycles. The molecule has 0 spiro atoms. The van der Waals surface area contributed by atoms with Gasteiger partial charge in [0.05, 0.1) is 12.3 Å². The topological polar surface area (TPSA) is 21.3 Å². The molecule has 0 fully saturated rings. The lowest BCUT2D eigenvalue weighted by molar-refractivity contribution is 0.319. The van der Waals surface area contributed by atoms with Crippen LogP contribution in [0.15, 0.2) is 36.4 Å². The molecule has 0 atom stereocenters. The second-order valence-electron chi connectivity index (χ2n) is 4.54. The lowest BCUT2D eigenvalue weighted by Crippen LogP contribution is -2.06. The molecule has 0 bridgehead atoms. The monoisotopic (exact) mass is 311 g/mol. The molecule has 0 aliphatic rings. The molecule has 0 aromatic heterocycles. The normalized spacial score (nSPS) is 10.5. The summed E-state index contributed by atoms with van der Waals surface area (Å²) >= 11 is 5.95. The van der Waals surface area contributed by atoms with E-state index >= 15 is 0 Å². The van der Waals surface area contributed by atoms with Crippen molar-refractivity contribution in [3.63, 3.8) is 0 Å². The molecule has 0 aliphatic carbocycles. The van der Waals surface area contributed by atoms with Gasteiger partial charge in [-0.25, -0.2) is 8.78 Å². The van der Waals surface area contributed by atoms with Gasteiger partial charge in [0.15, 0.2) is 0 Å². The lowest BCUT2D eigenvalue weighted by atomic mass is 10.2. The number of benzene rings is 2. The highest BCUT2D eigenvalue weighted by Crippen LogP contribution is 2.29. The van der Waals surface area contributed by atoms with Crippen molar-refractivity contribution in [1.29, 1.82) is 0 Å². The van der Waals surface area contributed by atoms with Crippen molar-refractivity contribution in [2.45, 2.75) is 19.9 Å². The summed E-state index contributed by atoms with van der Waals surface area (Å²) in [5.41, 5.74) is 0.595. The highest BCUT2D eigenvalue weighted by molar-refractivity contribution is 6.30. The fourth-order valence-corrected chi connectivity index (χ4v) is 2.04. The molecule has 1 N–H and O–H groups in total. The Bertz CT molecular complexity index is 599. The number of halogens is 3. The maximum absolute atomic E-state index is 13.6. The molecule has 0 amide bonds. The van der Waals surface area contributed by atoms with Crippen molar-refractivity contribution in [3.05, 3.63) is 58.6 Å². The molecule has 2 rings (SSSR count). The Morgan fingerprint density at radius 3 is 2.52 bits per heavy atom. The molecule has 5 heteroatoms. The number of ether oxygens (including phenoxy) is 1. The van der Waals surface area contributed by atoms with Crippen LogP contribution in [0, 0.1) is 11.6 Å². The van der Waals surface area contributed by atoms with Crippen molar-refractivity contribution >= 4 is 17.3 Å². The van der Waals surface area contributed by atoms with Gasteiger partial charge in [-0.2, -0.15) is 0 Å². The summed E-state index contributed by atoms with van der Waals surface area (Å²) in [5, 5.41) is 3.49. The van der Waals surface area contributed by atoms with Gasteiger partial charge in [0.2, 0.25) is 0 Å². The Hall–Kier alpha value is -1.81. The third-order valence-corrected chi connectivity index (χ3v) is 3.16. The molecular formula is C16H16ClF2NO. The van der Waals surface area contributed by atoms with Gasteiger partial charge in [-0.1, -0.05) is 24.6 Å². The van der Waals surface area contributed by atoms with E-state index < -0.39 is 11.6 Å². The highest BCUT2D eigenvalue weighted by atomic mass is 35.5. The Morgan fingerprint density at radius 2 is 1.86 bits per heavy atom. The van der Waals surface area contributed by atoms with E-state index in [1.54, 1.807) is 18.2 Å². The van der Waals surface area contributed by atoms with Crippen LogP contribution < -0.4 is 10.1 Å². The van der Waals surface area contributed by atoms with Crippen molar-refractivity contribution in [1.82, 2.24) is 0 Å². The molecule has 112 valence electrons. The van der Waals surface area contributed by atoms with Crippen LogP contribution in [0.25, 0.3) is 0 Å². The van der Waals surface area contributed by atoms with E-state index in [-0.39, 0.29) is 12.1 Å². The first-order valence-electron chi connectivity index (χ1n) is 6.71. The standard InChI is InChI=1S/C16H16ClF2NO/c1-2-8-21-16-7-6-11(17)9-15(16)20-10-12-13(18)4-3-5-14(12)19/h3-7,9,20H,2,8,10H2,1H3. The Labute approximate surface area is 127 Å². The molecule has 0 radical (unpaired) electrons. The second-order valence-corrected chi connectivity index (χ2v) is 4.98. The van der Waals surface area contributed by atoms with Crippen molar-refractivity contribution in [3.8, 4) is 5.75 Å². The molecule has 0 saturated heterocycles. The Morgan fingerprint density at radius 1 is 1.14 bits per heavy atom.